The fraction of sp³-hybridized carbons (Fsp3) is 0.435. The normalized spacial score (nSPS) is 28.7. The van der Waals surface area contributed by atoms with Gasteiger partial charge in [0.2, 0.25) is 0 Å². The Kier molecular flexibility index (Phi) is 10.5. The van der Waals surface area contributed by atoms with E-state index in [2.05, 4.69) is 34.9 Å². The number of nitrogens with one attached hydrogen (secondary N) is 2. The summed E-state index contributed by atoms with van der Waals surface area (Å²) in [6.07, 6.45) is 5.66. The number of piperidine rings is 2. The Labute approximate surface area is 327 Å². The van der Waals surface area contributed by atoms with Crippen molar-refractivity contribution in [3.05, 3.63) is 142 Å². The van der Waals surface area contributed by atoms with Gasteiger partial charge in [-0.05, 0) is 96.2 Å². The van der Waals surface area contributed by atoms with Gasteiger partial charge in [-0.1, -0.05) is 72.8 Å². The molecule has 4 fully saturated rings. The van der Waals surface area contributed by atoms with Crippen LogP contribution in [0.5, 0.6) is 0 Å². The van der Waals surface area contributed by atoms with Crippen LogP contribution in [0, 0.1) is 35.3 Å². The second-order valence-electron chi connectivity index (χ2n) is 16.4. The van der Waals surface area contributed by atoms with Crippen molar-refractivity contribution in [2.45, 2.75) is 62.8 Å². The molecule has 2 unspecified atom stereocenters. The number of amides is 2. The zero-order chi connectivity index (χ0) is 38.2. The Hall–Kier alpha value is -4.80. The molecule has 10 rings (SSSR count). The standard InChI is InChI=1S/2C23H25FN2O2/c2*24-19-9-7-16(8-10-19)21-20-4-2-1-3-15(20)11-12-26(21)23(27)28-22-17-5-6-18(22)14-25-13-17/h2*1-4,7-10,17-18,21-22,25H,5-6,11-14H2/t2*17-,18+,21-,22?/m00/s1. The molecule has 2 amide bonds. The number of carbonyl (C=O) groups is 2. The highest BCUT2D eigenvalue weighted by Crippen LogP contribution is 2.41. The topological polar surface area (TPSA) is 83.1 Å². The first-order chi connectivity index (χ1) is 27.4. The molecule has 0 spiro atoms. The van der Waals surface area contributed by atoms with Gasteiger partial charge in [-0.3, -0.25) is 9.80 Å². The van der Waals surface area contributed by atoms with Crippen LogP contribution in [0.3, 0.4) is 0 Å². The van der Waals surface area contributed by atoms with Crippen molar-refractivity contribution in [1.82, 2.24) is 20.4 Å². The molecule has 4 heterocycles. The number of benzene rings is 4. The Morgan fingerprint density at radius 1 is 0.518 bits per heavy atom. The van der Waals surface area contributed by atoms with Gasteiger partial charge in [-0.25, -0.2) is 18.4 Å². The van der Waals surface area contributed by atoms with E-state index in [4.69, 9.17) is 9.47 Å². The van der Waals surface area contributed by atoms with Crippen LogP contribution in [0.1, 0.15) is 71.1 Å². The van der Waals surface area contributed by atoms with E-state index >= 15 is 0 Å². The van der Waals surface area contributed by atoms with Gasteiger partial charge in [-0.2, -0.15) is 0 Å². The van der Waals surface area contributed by atoms with Crippen molar-refractivity contribution in [2.75, 3.05) is 39.3 Å². The van der Waals surface area contributed by atoms with E-state index in [9.17, 15) is 18.4 Å². The van der Waals surface area contributed by atoms with Gasteiger partial charge in [0.1, 0.15) is 23.8 Å². The first-order valence-corrected chi connectivity index (χ1v) is 20.4. The molecule has 292 valence electrons. The molecule has 4 aromatic rings. The van der Waals surface area contributed by atoms with E-state index in [0.717, 1.165) is 87.0 Å². The molecule has 56 heavy (non-hydrogen) atoms. The molecule has 8 atom stereocenters. The van der Waals surface area contributed by atoms with Crippen molar-refractivity contribution in [2.24, 2.45) is 23.7 Å². The van der Waals surface area contributed by atoms with E-state index in [1.807, 2.05) is 34.1 Å². The monoisotopic (exact) mass is 760 g/mol. The lowest BCUT2D eigenvalue weighted by Crippen LogP contribution is -2.48. The van der Waals surface area contributed by atoms with Crippen molar-refractivity contribution in [3.8, 4) is 0 Å². The predicted octanol–water partition coefficient (Wildman–Crippen LogP) is 7.82. The minimum atomic E-state index is -0.270. The average molecular weight is 761 g/mol. The maximum atomic E-state index is 13.5. The van der Waals surface area contributed by atoms with Crippen LogP contribution < -0.4 is 10.6 Å². The smallest absolute Gasteiger partial charge is 0.410 e. The number of ether oxygens (including phenoxy) is 2. The lowest BCUT2D eigenvalue weighted by Gasteiger charge is -2.39. The van der Waals surface area contributed by atoms with Crippen LogP contribution in [0.2, 0.25) is 0 Å². The van der Waals surface area contributed by atoms with Crippen LogP contribution in [-0.4, -0.2) is 73.5 Å². The highest BCUT2D eigenvalue weighted by atomic mass is 19.1. The van der Waals surface area contributed by atoms with E-state index in [1.54, 1.807) is 24.3 Å². The van der Waals surface area contributed by atoms with Crippen molar-refractivity contribution >= 4 is 12.2 Å². The highest BCUT2D eigenvalue weighted by Gasteiger charge is 2.45. The third-order valence-electron chi connectivity index (χ3n) is 13.2. The van der Waals surface area contributed by atoms with Crippen LogP contribution in [-0.2, 0) is 22.3 Å². The maximum absolute atomic E-state index is 13.5. The molecule has 2 aliphatic carbocycles. The van der Waals surface area contributed by atoms with E-state index in [0.29, 0.717) is 36.8 Å². The average Bonchev–Trinajstić information content (AvgIpc) is 3.55. The number of hydrogen-bond donors (Lipinski definition) is 2. The van der Waals surface area contributed by atoms with Crippen molar-refractivity contribution in [3.63, 3.8) is 0 Å². The van der Waals surface area contributed by atoms with Crippen molar-refractivity contribution < 1.29 is 27.8 Å². The Balaban J connectivity index is 0.000000146. The molecule has 6 aliphatic rings. The van der Waals surface area contributed by atoms with Gasteiger partial charge < -0.3 is 20.1 Å². The first kappa shape index (κ1) is 36.8. The largest absolute Gasteiger partial charge is 0.445 e. The number of rotatable bonds is 4. The molecule has 4 aromatic carbocycles. The summed E-state index contributed by atoms with van der Waals surface area (Å²) in [6.45, 7) is 4.94. The molecule has 8 nitrogen and oxygen atoms in total. The lowest BCUT2D eigenvalue weighted by atomic mass is 9.88. The van der Waals surface area contributed by atoms with E-state index < -0.39 is 0 Å². The van der Waals surface area contributed by atoms with E-state index in [1.165, 1.54) is 35.4 Å². The third-order valence-corrected chi connectivity index (χ3v) is 13.2. The quantitative estimate of drug-likeness (QED) is 0.221. The molecule has 2 saturated heterocycles. The van der Waals surface area contributed by atoms with Crippen LogP contribution >= 0.6 is 0 Å². The Morgan fingerprint density at radius 3 is 1.25 bits per heavy atom. The van der Waals surface area contributed by atoms with Crippen LogP contribution in [0.4, 0.5) is 18.4 Å². The predicted molar refractivity (Wildman–Crippen MR) is 209 cm³/mol. The number of fused-ring (bicyclic) bond motifs is 6. The lowest BCUT2D eigenvalue weighted by molar-refractivity contribution is 0.00787. The molecule has 2 N–H and O–H groups in total. The molecule has 2 saturated carbocycles. The maximum Gasteiger partial charge on any atom is 0.410 e. The minimum absolute atomic E-state index is 0.0137. The summed E-state index contributed by atoms with van der Waals surface area (Å²) in [5.41, 5.74) is 6.51. The van der Waals surface area contributed by atoms with Crippen molar-refractivity contribution in [1.29, 1.82) is 0 Å². The van der Waals surface area contributed by atoms with Gasteiger partial charge in [-0.15, -0.1) is 0 Å². The van der Waals surface area contributed by atoms with Gasteiger partial charge in [0.15, 0.2) is 0 Å². The molecule has 0 aromatic heterocycles. The number of halogens is 2. The second kappa shape index (κ2) is 16.0. The molecule has 0 radical (unpaired) electrons. The second-order valence-corrected chi connectivity index (χ2v) is 16.4. The van der Waals surface area contributed by atoms with Crippen LogP contribution in [0.25, 0.3) is 0 Å². The molecule has 4 bridgehead atoms. The number of carbonyl (C=O) groups excluding carboxylic acids is 2. The summed E-state index contributed by atoms with van der Waals surface area (Å²) in [6, 6.07) is 28.9. The zero-order valence-corrected chi connectivity index (χ0v) is 31.6. The summed E-state index contributed by atoms with van der Waals surface area (Å²) in [4.78, 5) is 30.2. The van der Waals surface area contributed by atoms with E-state index in [-0.39, 0.29) is 48.1 Å². The highest BCUT2D eigenvalue weighted by molar-refractivity contribution is 5.71. The fourth-order valence-corrected chi connectivity index (χ4v) is 10.4. The number of nitrogens with zero attached hydrogens (tertiary/aromatic N) is 2. The molecule has 10 heteroatoms. The Morgan fingerprint density at radius 2 is 0.875 bits per heavy atom. The van der Waals surface area contributed by atoms with Gasteiger partial charge in [0, 0.05) is 62.9 Å². The van der Waals surface area contributed by atoms with Crippen LogP contribution in [0.15, 0.2) is 97.1 Å². The van der Waals surface area contributed by atoms with Gasteiger partial charge in [0.25, 0.3) is 0 Å². The summed E-state index contributed by atoms with van der Waals surface area (Å²) in [7, 11) is 0. The van der Waals surface area contributed by atoms with Gasteiger partial charge in [0.05, 0.1) is 12.1 Å². The summed E-state index contributed by atoms with van der Waals surface area (Å²) >= 11 is 0. The summed E-state index contributed by atoms with van der Waals surface area (Å²) in [5.74, 6) is 1.14. The first-order valence-electron chi connectivity index (χ1n) is 20.4. The summed E-state index contributed by atoms with van der Waals surface area (Å²) < 4.78 is 39.2. The Bertz CT molecular complexity index is 1850. The number of hydrogen-bond acceptors (Lipinski definition) is 6. The molecule has 4 aliphatic heterocycles. The van der Waals surface area contributed by atoms with Gasteiger partial charge >= 0.3 is 12.2 Å². The fourth-order valence-electron chi connectivity index (χ4n) is 10.4. The third kappa shape index (κ3) is 7.29. The summed E-state index contributed by atoms with van der Waals surface area (Å²) in [5, 5.41) is 6.88. The SMILES string of the molecule is O=C(OC1[C@@H]2CC[C@H]1CNC2)N1CCc2ccccc2[C@@H]1c1ccc(F)cc1.O=C(OC1[C@@H]2CC[C@H]1CNC2)N1CCc2ccccc2[C@@H]1c1ccc(F)cc1. The molecular formula is C46H50F2N4O4. The zero-order valence-electron chi connectivity index (χ0n) is 31.6. The molecular weight excluding hydrogens is 711 g/mol. The minimum Gasteiger partial charge on any atom is -0.445 e.